The lowest BCUT2D eigenvalue weighted by Gasteiger charge is -2.29. The molecule has 0 spiro atoms. The SMILES string of the molecule is Cc1ccccc1N1C(=O)C2ON(c3ccccc3)C(c3cc4ccccc4nc3Cl)C2C1=O. The minimum absolute atomic E-state index is 0.281. The number of aryl methyl sites for hydroxylation is 1. The van der Waals surface area contributed by atoms with Crippen molar-refractivity contribution in [2.24, 2.45) is 5.92 Å². The van der Waals surface area contributed by atoms with Gasteiger partial charge in [-0.1, -0.05) is 66.2 Å². The molecule has 0 radical (unpaired) electrons. The van der Waals surface area contributed by atoms with Crippen molar-refractivity contribution in [2.75, 3.05) is 9.96 Å². The van der Waals surface area contributed by atoms with E-state index in [0.29, 0.717) is 11.3 Å². The van der Waals surface area contributed by atoms with E-state index in [1.807, 2.05) is 85.8 Å². The molecule has 2 aliphatic heterocycles. The number of halogens is 1. The fourth-order valence-corrected chi connectivity index (χ4v) is 5.15. The molecule has 2 fully saturated rings. The van der Waals surface area contributed by atoms with E-state index in [0.717, 1.165) is 22.2 Å². The first kappa shape index (κ1) is 20.8. The molecular weight excluding hydrogens is 450 g/mol. The maximum Gasteiger partial charge on any atom is 0.266 e. The molecule has 6 nitrogen and oxygen atoms in total. The third kappa shape index (κ3) is 3.10. The van der Waals surface area contributed by atoms with E-state index < -0.39 is 18.1 Å². The number of pyridine rings is 1. The molecule has 4 aromatic rings. The van der Waals surface area contributed by atoms with Crippen LogP contribution in [-0.4, -0.2) is 22.9 Å². The molecule has 3 aromatic carbocycles. The Bertz CT molecular complexity index is 1440. The number of hydroxylamine groups is 1. The van der Waals surface area contributed by atoms with Crippen molar-refractivity contribution in [1.82, 2.24) is 4.98 Å². The molecule has 7 heteroatoms. The number of benzene rings is 3. The van der Waals surface area contributed by atoms with Gasteiger partial charge in [-0.25, -0.2) is 14.9 Å². The van der Waals surface area contributed by atoms with Gasteiger partial charge in [-0.3, -0.25) is 14.4 Å². The summed E-state index contributed by atoms with van der Waals surface area (Å²) in [6, 6.07) is 25.7. The molecule has 3 heterocycles. The van der Waals surface area contributed by atoms with Gasteiger partial charge in [-0.15, -0.1) is 0 Å². The quantitative estimate of drug-likeness (QED) is 0.303. The number of anilines is 2. The van der Waals surface area contributed by atoms with Crippen LogP contribution in [0.4, 0.5) is 11.4 Å². The second kappa shape index (κ2) is 7.94. The zero-order valence-electron chi connectivity index (χ0n) is 18.3. The topological polar surface area (TPSA) is 62.7 Å². The molecule has 2 saturated heterocycles. The van der Waals surface area contributed by atoms with E-state index in [-0.39, 0.29) is 17.0 Å². The van der Waals surface area contributed by atoms with Crippen LogP contribution in [0.3, 0.4) is 0 Å². The number of carbonyl (C=O) groups excluding carboxylic acids is 2. The Hall–Kier alpha value is -3.74. The van der Waals surface area contributed by atoms with Gasteiger partial charge in [0, 0.05) is 10.9 Å². The van der Waals surface area contributed by atoms with Crippen LogP contribution in [-0.2, 0) is 14.4 Å². The smallest absolute Gasteiger partial charge is 0.266 e. The molecule has 3 atom stereocenters. The largest absolute Gasteiger partial charge is 0.273 e. The Kier molecular flexibility index (Phi) is 4.86. The van der Waals surface area contributed by atoms with Gasteiger partial charge < -0.3 is 0 Å². The van der Waals surface area contributed by atoms with Gasteiger partial charge in [-0.2, -0.15) is 0 Å². The van der Waals surface area contributed by atoms with Crippen molar-refractivity contribution in [3.63, 3.8) is 0 Å². The van der Waals surface area contributed by atoms with E-state index in [2.05, 4.69) is 4.98 Å². The van der Waals surface area contributed by atoms with Gasteiger partial charge in [-0.05, 0) is 42.8 Å². The molecule has 0 saturated carbocycles. The van der Waals surface area contributed by atoms with Crippen molar-refractivity contribution < 1.29 is 14.4 Å². The Labute approximate surface area is 201 Å². The van der Waals surface area contributed by atoms with E-state index in [1.165, 1.54) is 4.90 Å². The molecule has 2 aliphatic rings. The number of nitrogens with zero attached hydrogens (tertiary/aromatic N) is 3. The summed E-state index contributed by atoms with van der Waals surface area (Å²) in [7, 11) is 0. The fourth-order valence-electron chi connectivity index (χ4n) is 4.90. The molecule has 0 bridgehead atoms. The van der Waals surface area contributed by atoms with Gasteiger partial charge in [0.05, 0.1) is 22.9 Å². The number of imide groups is 1. The van der Waals surface area contributed by atoms with E-state index in [4.69, 9.17) is 16.4 Å². The highest BCUT2D eigenvalue weighted by Gasteiger charge is 2.60. The number of para-hydroxylation sites is 3. The first-order valence-corrected chi connectivity index (χ1v) is 11.4. The van der Waals surface area contributed by atoms with Crippen molar-refractivity contribution >= 4 is 45.7 Å². The maximum atomic E-state index is 13.8. The van der Waals surface area contributed by atoms with Gasteiger partial charge in [0.25, 0.3) is 5.91 Å². The van der Waals surface area contributed by atoms with Gasteiger partial charge in [0.2, 0.25) is 5.91 Å². The van der Waals surface area contributed by atoms with Gasteiger partial charge >= 0.3 is 0 Å². The van der Waals surface area contributed by atoms with Crippen LogP contribution < -0.4 is 9.96 Å². The Morgan fingerprint density at radius 2 is 1.59 bits per heavy atom. The van der Waals surface area contributed by atoms with Crippen LogP contribution in [0, 0.1) is 12.8 Å². The average Bonchev–Trinajstić information content (AvgIpc) is 3.35. The average molecular weight is 470 g/mol. The summed E-state index contributed by atoms with van der Waals surface area (Å²) in [4.78, 5) is 39.4. The Balaban J connectivity index is 1.51. The normalized spacial score (nSPS) is 22.0. The molecule has 168 valence electrons. The minimum atomic E-state index is -0.958. The monoisotopic (exact) mass is 469 g/mol. The summed E-state index contributed by atoms with van der Waals surface area (Å²) >= 11 is 6.69. The highest BCUT2D eigenvalue weighted by atomic mass is 35.5. The van der Waals surface area contributed by atoms with Crippen molar-refractivity contribution in [3.8, 4) is 0 Å². The maximum absolute atomic E-state index is 13.8. The van der Waals surface area contributed by atoms with Crippen molar-refractivity contribution in [1.29, 1.82) is 0 Å². The lowest BCUT2D eigenvalue weighted by Crippen LogP contribution is -2.37. The molecule has 0 aliphatic carbocycles. The highest BCUT2D eigenvalue weighted by Crippen LogP contribution is 2.49. The van der Waals surface area contributed by atoms with Crippen LogP contribution in [0.5, 0.6) is 0 Å². The lowest BCUT2D eigenvalue weighted by atomic mass is 9.90. The number of fused-ring (bicyclic) bond motifs is 2. The molecule has 1 aromatic heterocycles. The second-order valence-electron chi connectivity index (χ2n) is 8.52. The first-order valence-electron chi connectivity index (χ1n) is 11.0. The predicted octanol–water partition coefficient (Wildman–Crippen LogP) is 5.25. The molecule has 3 unspecified atom stereocenters. The molecule has 2 amide bonds. The predicted molar refractivity (Wildman–Crippen MR) is 130 cm³/mol. The number of aromatic nitrogens is 1. The van der Waals surface area contributed by atoms with Crippen molar-refractivity contribution in [2.45, 2.75) is 19.1 Å². The fraction of sp³-hybridized carbons (Fsp3) is 0.148. The summed E-state index contributed by atoms with van der Waals surface area (Å²) in [6.45, 7) is 1.88. The van der Waals surface area contributed by atoms with Crippen LogP contribution in [0.25, 0.3) is 10.9 Å². The number of rotatable bonds is 3. The molecule has 34 heavy (non-hydrogen) atoms. The summed E-state index contributed by atoms with van der Waals surface area (Å²) in [5, 5.41) is 2.81. The van der Waals surface area contributed by atoms with E-state index >= 15 is 0 Å². The van der Waals surface area contributed by atoms with Crippen molar-refractivity contribution in [3.05, 3.63) is 101 Å². The van der Waals surface area contributed by atoms with Crippen LogP contribution in [0.1, 0.15) is 17.2 Å². The van der Waals surface area contributed by atoms with Gasteiger partial charge in [0.15, 0.2) is 6.10 Å². The molecular formula is C27H20ClN3O3. The third-order valence-corrected chi connectivity index (χ3v) is 6.81. The lowest BCUT2D eigenvalue weighted by molar-refractivity contribution is -0.126. The summed E-state index contributed by atoms with van der Waals surface area (Å²) < 4.78 is 0. The summed E-state index contributed by atoms with van der Waals surface area (Å²) in [6.07, 6.45) is -0.958. The Morgan fingerprint density at radius 1 is 0.882 bits per heavy atom. The second-order valence-corrected chi connectivity index (χ2v) is 8.88. The zero-order valence-corrected chi connectivity index (χ0v) is 19.0. The number of amides is 2. The molecule has 0 N–H and O–H groups in total. The van der Waals surface area contributed by atoms with E-state index in [1.54, 1.807) is 11.1 Å². The summed E-state index contributed by atoms with van der Waals surface area (Å²) in [5.74, 6) is -1.46. The van der Waals surface area contributed by atoms with Crippen LogP contribution in [0.2, 0.25) is 5.15 Å². The number of hydrogen-bond acceptors (Lipinski definition) is 5. The number of carbonyl (C=O) groups is 2. The first-order chi connectivity index (χ1) is 16.5. The van der Waals surface area contributed by atoms with Crippen LogP contribution >= 0.6 is 11.6 Å². The standard InChI is InChI=1S/C27H20ClN3O3/c1-16-9-5-8-14-21(16)30-26(32)22-23(19-15-17-10-6-7-13-20(17)29-25(19)28)31(34-24(22)27(30)33)18-11-3-2-4-12-18/h2-15,22-24H,1H3. The van der Waals surface area contributed by atoms with Gasteiger partial charge in [0.1, 0.15) is 11.1 Å². The van der Waals surface area contributed by atoms with Crippen LogP contribution in [0.15, 0.2) is 84.9 Å². The molecule has 6 rings (SSSR count). The Morgan fingerprint density at radius 3 is 2.38 bits per heavy atom. The minimum Gasteiger partial charge on any atom is -0.273 e. The highest BCUT2D eigenvalue weighted by molar-refractivity contribution is 6.31. The summed E-state index contributed by atoms with van der Waals surface area (Å²) in [5.41, 5.74) is 3.54. The van der Waals surface area contributed by atoms with E-state index in [9.17, 15) is 9.59 Å². The number of hydrogen-bond donors (Lipinski definition) is 0. The third-order valence-electron chi connectivity index (χ3n) is 6.51. The zero-order chi connectivity index (χ0) is 23.4.